The summed E-state index contributed by atoms with van der Waals surface area (Å²) < 4.78 is 2.02. The number of rotatable bonds is 11. The van der Waals surface area contributed by atoms with E-state index in [0.717, 1.165) is 35.4 Å². The standard InChI is InChI=1S/C24H30N8/c1-2-3-4-7-20(14-15-25)24-26-17-27-32(24)16-18-10-12-19(13-11-18)21-8-5-6-9-22(21)23-28-30-31-29-23/h5-6,8-13,17,20H,2-4,7,14-16,25H2,1H3,(H,28,29,30,31). The lowest BCUT2D eigenvalue weighted by Gasteiger charge is -2.17. The average Bonchev–Trinajstić information content (AvgIpc) is 3.52. The van der Waals surface area contributed by atoms with E-state index in [1.54, 1.807) is 6.33 Å². The zero-order valence-corrected chi connectivity index (χ0v) is 18.5. The first-order chi connectivity index (χ1) is 15.8. The molecular weight excluding hydrogens is 400 g/mol. The van der Waals surface area contributed by atoms with Crippen LogP contribution in [0.3, 0.4) is 0 Å². The Labute approximate surface area is 188 Å². The first-order valence-corrected chi connectivity index (χ1v) is 11.3. The molecule has 4 rings (SSSR count). The topological polar surface area (TPSA) is 111 Å². The number of aromatic amines is 1. The molecule has 1 unspecified atom stereocenters. The highest BCUT2D eigenvalue weighted by atomic mass is 15.5. The molecule has 0 aliphatic carbocycles. The number of hydrogen-bond acceptors (Lipinski definition) is 6. The van der Waals surface area contributed by atoms with Crippen molar-refractivity contribution >= 4 is 0 Å². The SMILES string of the molecule is CCCCCC(CCN)c1ncnn1Cc1ccc(-c2ccccc2-c2nnn[nH]2)cc1. The normalized spacial score (nSPS) is 12.2. The van der Waals surface area contributed by atoms with Crippen LogP contribution in [0.25, 0.3) is 22.5 Å². The number of nitrogens with zero attached hydrogens (tertiary/aromatic N) is 6. The van der Waals surface area contributed by atoms with Crippen molar-refractivity contribution in [2.24, 2.45) is 5.73 Å². The van der Waals surface area contributed by atoms with E-state index in [1.807, 2.05) is 22.9 Å². The summed E-state index contributed by atoms with van der Waals surface area (Å²) in [4.78, 5) is 4.59. The fourth-order valence-corrected chi connectivity index (χ4v) is 4.13. The molecular formula is C24H30N8. The van der Waals surface area contributed by atoms with Crippen LogP contribution in [0.2, 0.25) is 0 Å². The van der Waals surface area contributed by atoms with Gasteiger partial charge in [0.05, 0.1) is 6.54 Å². The number of nitrogens with two attached hydrogens (primary N) is 1. The second-order valence-corrected chi connectivity index (χ2v) is 8.04. The lowest BCUT2D eigenvalue weighted by atomic mass is 9.96. The highest BCUT2D eigenvalue weighted by Crippen LogP contribution is 2.30. The number of hydrogen-bond donors (Lipinski definition) is 2. The number of nitrogens with one attached hydrogen (secondary N) is 1. The number of aromatic nitrogens is 7. The van der Waals surface area contributed by atoms with Gasteiger partial charge in [-0.3, -0.25) is 0 Å². The molecule has 2 aromatic heterocycles. The molecule has 0 amide bonds. The Balaban J connectivity index is 1.52. The monoisotopic (exact) mass is 430 g/mol. The molecule has 8 nitrogen and oxygen atoms in total. The molecule has 0 saturated carbocycles. The predicted molar refractivity (Wildman–Crippen MR) is 125 cm³/mol. The molecule has 3 N–H and O–H groups in total. The number of benzene rings is 2. The Hall–Kier alpha value is -3.39. The Morgan fingerprint density at radius 3 is 2.53 bits per heavy atom. The molecule has 4 aromatic rings. The first-order valence-electron chi connectivity index (χ1n) is 11.3. The minimum atomic E-state index is 0.357. The molecule has 1 atom stereocenters. The molecule has 2 heterocycles. The van der Waals surface area contributed by atoms with Crippen LogP contribution in [-0.4, -0.2) is 41.9 Å². The van der Waals surface area contributed by atoms with Crippen molar-refractivity contribution in [3.63, 3.8) is 0 Å². The van der Waals surface area contributed by atoms with Crippen LogP contribution in [0.1, 0.15) is 56.3 Å². The van der Waals surface area contributed by atoms with E-state index < -0.39 is 0 Å². The summed E-state index contributed by atoms with van der Waals surface area (Å²) in [6, 6.07) is 16.7. The van der Waals surface area contributed by atoms with Gasteiger partial charge in [-0.2, -0.15) is 5.10 Å². The molecule has 0 radical (unpaired) electrons. The van der Waals surface area contributed by atoms with Crippen molar-refractivity contribution in [1.82, 2.24) is 35.4 Å². The maximum absolute atomic E-state index is 5.89. The van der Waals surface area contributed by atoms with Gasteiger partial charge in [-0.05, 0) is 46.5 Å². The molecule has 2 aromatic carbocycles. The first kappa shape index (κ1) is 21.8. The van der Waals surface area contributed by atoms with Crippen LogP contribution in [0, 0.1) is 0 Å². The second kappa shape index (κ2) is 10.8. The molecule has 0 aliphatic heterocycles. The zero-order valence-electron chi connectivity index (χ0n) is 18.5. The van der Waals surface area contributed by atoms with Crippen molar-refractivity contribution in [2.45, 2.75) is 51.5 Å². The summed E-state index contributed by atoms with van der Waals surface area (Å²) >= 11 is 0. The van der Waals surface area contributed by atoms with E-state index in [4.69, 9.17) is 5.73 Å². The third kappa shape index (κ3) is 5.08. The Morgan fingerprint density at radius 2 is 1.81 bits per heavy atom. The van der Waals surface area contributed by atoms with Gasteiger partial charge in [0.15, 0.2) is 5.82 Å². The molecule has 0 spiro atoms. The van der Waals surface area contributed by atoms with Gasteiger partial charge < -0.3 is 5.73 Å². The Morgan fingerprint density at radius 1 is 1.00 bits per heavy atom. The van der Waals surface area contributed by atoms with Gasteiger partial charge in [-0.25, -0.2) is 14.8 Å². The summed E-state index contributed by atoms with van der Waals surface area (Å²) in [5, 5.41) is 18.8. The number of H-pyrrole nitrogens is 1. The van der Waals surface area contributed by atoms with Crippen molar-refractivity contribution in [3.8, 4) is 22.5 Å². The van der Waals surface area contributed by atoms with Crippen LogP contribution in [-0.2, 0) is 6.54 Å². The molecule has 0 saturated heterocycles. The molecule has 0 aliphatic rings. The Kier molecular flexibility index (Phi) is 7.34. The van der Waals surface area contributed by atoms with Crippen LogP contribution < -0.4 is 5.73 Å². The van der Waals surface area contributed by atoms with Crippen LogP contribution >= 0.6 is 0 Å². The maximum atomic E-state index is 5.89. The van der Waals surface area contributed by atoms with E-state index in [1.165, 1.54) is 24.8 Å². The van der Waals surface area contributed by atoms with Gasteiger partial charge in [0, 0.05) is 11.5 Å². The quantitative estimate of drug-likeness (QED) is 0.345. The lowest BCUT2D eigenvalue weighted by molar-refractivity contribution is 0.486. The van der Waals surface area contributed by atoms with E-state index in [2.05, 4.69) is 68.0 Å². The van der Waals surface area contributed by atoms with Gasteiger partial charge in [-0.1, -0.05) is 74.7 Å². The van der Waals surface area contributed by atoms with Crippen molar-refractivity contribution in [3.05, 3.63) is 66.2 Å². The average molecular weight is 431 g/mol. The van der Waals surface area contributed by atoms with E-state index in [9.17, 15) is 0 Å². The number of tetrazole rings is 1. The minimum Gasteiger partial charge on any atom is -0.330 e. The summed E-state index contributed by atoms with van der Waals surface area (Å²) in [7, 11) is 0. The van der Waals surface area contributed by atoms with Gasteiger partial charge in [0.25, 0.3) is 0 Å². The fourth-order valence-electron chi connectivity index (χ4n) is 4.13. The van der Waals surface area contributed by atoms with E-state index in [-0.39, 0.29) is 0 Å². The minimum absolute atomic E-state index is 0.357. The van der Waals surface area contributed by atoms with E-state index in [0.29, 0.717) is 24.8 Å². The molecule has 166 valence electrons. The van der Waals surface area contributed by atoms with Crippen LogP contribution in [0.15, 0.2) is 54.9 Å². The van der Waals surface area contributed by atoms with Gasteiger partial charge in [0.1, 0.15) is 12.2 Å². The zero-order chi connectivity index (χ0) is 22.2. The smallest absolute Gasteiger partial charge is 0.180 e. The molecule has 8 heteroatoms. The molecule has 0 fully saturated rings. The van der Waals surface area contributed by atoms with Crippen molar-refractivity contribution in [2.75, 3.05) is 6.54 Å². The summed E-state index contributed by atoms with van der Waals surface area (Å²) in [5.41, 5.74) is 10.2. The molecule has 0 bridgehead atoms. The van der Waals surface area contributed by atoms with Gasteiger partial charge >= 0.3 is 0 Å². The van der Waals surface area contributed by atoms with Crippen molar-refractivity contribution in [1.29, 1.82) is 0 Å². The van der Waals surface area contributed by atoms with Crippen molar-refractivity contribution < 1.29 is 0 Å². The van der Waals surface area contributed by atoms with Gasteiger partial charge in [0.2, 0.25) is 0 Å². The summed E-state index contributed by atoms with van der Waals surface area (Å²) in [5.74, 6) is 2.06. The summed E-state index contributed by atoms with van der Waals surface area (Å²) in [6.45, 7) is 3.58. The fraction of sp³-hybridized carbons (Fsp3) is 0.375. The third-order valence-corrected chi connectivity index (χ3v) is 5.81. The lowest BCUT2D eigenvalue weighted by Crippen LogP contribution is -2.15. The van der Waals surface area contributed by atoms with Crippen LogP contribution in [0.4, 0.5) is 0 Å². The Bertz CT molecular complexity index is 1090. The summed E-state index contributed by atoms with van der Waals surface area (Å²) in [6.07, 6.45) is 7.36. The van der Waals surface area contributed by atoms with Gasteiger partial charge in [-0.15, -0.1) is 5.10 Å². The third-order valence-electron chi connectivity index (χ3n) is 5.81. The van der Waals surface area contributed by atoms with Crippen LogP contribution in [0.5, 0.6) is 0 Å². The highest BCUT2D eigenvalue weighted by molar-refractivity contribution is 5.80. The second-order valence-electron chi connectivity index (χ2n) is 8.04. The van der Waals surface area contributed by atoms with E-state index >= 15 is 0 Å². The largest absolute Gasteiger partial charge is 0.330 e. The maximum Gasteiger partial charge on any atom is 0.180 e. The highest BCUT2D eigenvalue weighted by Gasteiger charge is 2.17. The molecule has 32 heavy (non-hydrogen) atoms. The predicted octanol–water partition coefficient (Wildman–Crippen LogP) is 4.19. The number of unbranched alkanes of at least 4 members (excludes halogenated alkanes) is 2.